The highest BCUT2D eigenvalue weighted by atomic mass is 19.1. The molecule has 116 valence electrons. The molecule has 0 spiro atoms. The molecular formula is C16H22FNO3. The van der Waals surface area contributed by atoms with Crippen LogP contribution in [-0.2, 0) is 10.2 Å². The van der Waals surface area contributed by atoms with Crippen molar-refractivity contribution in [2.75, 3.05) is 0 Å². The Bertz CT molecular complexity index is 518. The molecule has 0 saturated heterocycles. The number of halogens is 1. The van der Waals surface area contributed by atoms with Crippen LogP contribution in [0.2, 0.25) is 0 Å². The Labute approximate surface area is 124 Å². The number of amides is 1. The molecular weight excluding hydrogens is 273 g/mol. The second-order valence-corrected chi connectivity index (χ2v) is 6.20. The highest BCUT2D eigenvalue weighted by Gasteiger charge is 2.36. The summed E-state index contributed by atoms with van der Waals surface area (Å²) in [7, 11) is 0. The van der Waals surface area contributed by atoms with Gasteiger partial charge in [-0.05, 0) is 50.8 Å². The molecule has 1 fully saturated rings. The lowest BCUT2D eigenvalue weighted by Gasteiger charge is -2.35. The van der Waals surface area contributed by atoms with Crippen molar-refractivity contribution in [2.45, 2.75) is 56.8 Å². The van der Waals surface area contributed by atoms with Gasteiger partial charge in [-0.2, -0.15) is 0 Å². The van der Waals surface area contributed by atoms with Gasteiger partial charge in [0.05, 0.1) is 23.7 Å². The summed E-state index contributed by atoms with van der Waals surface area (Å²) in [5, 5.41) is 22.4. The van der Waals surface area contributed by atoms with Gasteiger partial charge in [-0.3, -0.25) is 4.79 Å². The number of aliphatic hydroxyl groups is 2. The van der Waals surface area contributed by atoms with Gasteiger partial charge < -0.3 is 15.5 Å². The topological polar surface area (TPSA) is 69.6 Å². The van der Waals surface area contributed by atoms with Crippen molar-refractivity contribution in [3.63, 3.8) is 0 Å². The van der Waals surface area contributed by atoms with Crippen LogP contribution < -0.4 is 5.32 Å². The lowest BCUT2D eigenvalue weighted by atomic mass is 9.82. The van der Waals surface area contributed by atoms with E-state index in [2.05, 4.69) is 5.32 Å². The summed E-state index contributed by atoms with van der Waals surface area (Å²) in [5.74, 6) is -0.673. The van der Waals surface area contributed by atoms with Gasteiger partial charge in [-0.15, -0.1) is 0 Å². The Morgan fingerprint density at radius 3 is 2.71 bits per heavy atom. The zero-order valence-corrected chi connectivity index (χ0v) is 12.3. The maximum atomic E-state index is 13.3. The highest BCUT2D eigenvalue weighted by molar-refractivity contribution is 5.87. The van der Waals surface area contributed by atoms with E-state index in [0.717, 1.165) is 6.42 Å². The van der Waals surface area contributed by atoms with Gasteiger partial charge in [0.15, 0.2) is 0 Å². The van der Waals surface area contributed by atoms with E-state index in [4.69, 9.17) is 0 Å². The van der Waals surface area contributed by atoms with Crippen LogP contribution in [0.3, 0.4) is 0 Å². The molecule has 0 unspecified atom stereocenters. The van der Waals surface area contributed by atoms with Crippen LogP contribution in [0.1, 0.15) is 38.7 Å². The molecule has 2 rings (SSSR count). The van der Waals surface area contributed by atoms with Crippen molar-refractivity contribution in [2.24, 2.45) is 0 Å². The van der Waals surface area contributed by atoms with Crippen molar-refractivity contribution in [3.05, 3.63) is 35.6 Å². The van der Waals surface area contributed by atoms with Crippen molar-refractivity contribution in [3.8, 4) is 0 Å². The molecule has 1 aromatic carbocycles. The lowest BCUT2D eigenvalue weighted by Crippen LogP contribution is -2.54. The molecule has 0 heterocycles. The van der Waals surface area contributed by atoms with Crippen molar-refractivity contribution in [1.29, 1.82) is 0 Å². The summed E-state index contributed by atoms with van der Waals surface area (Å²) in [6.07, 6.45) is 0.167. The van der Waals surface area contributed by atoms with Gasteiger partial charge in [0, 0.05) is 0 Å². The maximum absolute atomic E-state index is 13.3. The Kier molecular flexibility index (Phi) is 4.64. The van der Waals surface area contributed by atoms with E-state index < -0.39 is 23.7 Å². The van der Waals surface area contributed by atoms with Crippen LogP contribution in [0.15, 0.2) is 24.3 Å². The minimum absolute atomic E-state index is 0.286. The summed E-state index contributed by atoms with van der Waals surface area (Å²) in [5.41, 5.74) is -0.338. The second-order valence-electron chi connectivity index (χ2n) is 6.20. The van der Waals surface area contributed by atoms with Gasteiger partial charge >= 0.3 is 0 Å². The smallest absolute Gasteiger partial charge is 0.230 e. The summed E-state index contributed by atoms with van der Waals surface area (Å²) in [6, 6.07) is 5.48. The largest absolute Gasteiger partial charge is 0.390 e. The molecule has 1 aliphatic carbocycles. The number of hydrogen-bond acceptors (Lipinski definition) is 3. The molecule has 5 heteroatoms. The van der Waals surface area contributed by atoms with Gasteiger partial charge in [-0.25, -0.2) is 4.39 Å². The first kappa shape index (κ1) is 15.9. The molecule has 0 radical (unpaired) electrons. The summed E-state index contributed by atoms with van der Waals surface area (Å²) in [4.78, 5) is 12.5. The molecule has 1 amide bonds. The summed E-state index contributed by atoms with van der Waals surface area (Å²) < 4.78 is 13.3. The zero-order chi connectivity index (χ0) is 15.6. The Morgan fingerprint density at radius 1 is 1.33 bits per heavy atom. The van der Waals surface area contributed by atoms with Crippen LogP contribution in [0.4, 0.5) is 4.39 Å². The summed E-state index contributed by atoms with van der Waals surface area (Å²) >= 11 is 0. The first-order chi connectivity index (χ1) is 9.82. The first-order valence-corrected chi connectivity index (χ1v) is 7.25. The molecule has 0 aliphatic heterocycles. The van der Waals surface area contributed by atoms with E-state index in [9.17, 15) is 19.4 Å². The number of benzene rings is 1. The monoisotopic (exact) mass is 295 g/mol. The van der Waals surface area contributed by atoms with Crippen LogP contribution in [0.5, 0.6) is 0 Å². The number of nitrogens with one attached hydrogen (secondary N) is 1. The van der Waals surface area contributed by atoms with Crippen molar-refractivity contribution in [1.82, 2.24) is 5.32 Å². The Hall–Kier alpha value is -1.46. The van der Waals surface area contributed by atoms with Crippen molar-refractivity contribution >= 4 is 5.91 Å². The van der Waals surface area contributed by atoms with E-state index in [1.165, 1.54) is 12.1 Å². The quantitative estimate of drug-likeness (QED) is 0.791. The Morgan fingerprint density at radius 2 is 2.05 bits per heavy atom. The molecule has 21 heavy (non-hydrogen) atoms. The average Bonchev–Trinajstić information content (AvgIpc) is 2.43. The van der Waals surface area contributed by atoms with E-state index in [1.807, 2.05) is 0 Å². The third-order valence-electron chi connectivity index (χ3n) is 4.25. The van der Waals surface area contributed by atoms with Crippen LogP contribution in [0.25, 0.3) is 0 Å². The number of rotatable bonds is 3. The third kappa shape index (κ3) is 3.41. The van der Waals surface area contributed by atoms with Gasteiger partial charge in [0.25, 0.3) is 0 Å². The average molecular weight is 295 g/mol. The highest BCUT2D eigenvalue weighted by Crippen LogP contribution is 2.26. The fourth-order valence-electron chi connectivity index (χ4n) is 2.67. The minimum Gasteiger partial charge on any atom is -0.390 e. The van der Waals surface area contributed by atoms with E-state index in [0.29, 0.717) is 18.4 Å². The van der Waals surface area contributed by atoms with E-state index in [-0.39, 0.29) is 11.7 Å². The maximum Gasteiger partial charge on any atom is 0.230 e. The molecule has 1 saturated carbocycles. The summed E-state index contributed by atoms with van der Waals surface area (Å²) in [6.45, 7) is 3.42. The lowest BCUT2D eigenvalue weighted by molar-refractivity contribution is -0.128. The molecule has 3 N–H and O–H groups in total. The third-order valence-corrected chi connectivity index (χ3v) is 4.25. The van der Waals surface area contributed by atoms with Gasteiger partial charge in [-0.1, -0.05) is 12.1 Å². The van der Waals surface area contributed by atoms with Crippen molar-refractivity contribution < 1.29 is 19.4 Å². The second kappa shape index (κ2) is 6.12. The fraction of sp³-hybridized carbons (Fsp3) is 0.562. The van der Waals surface area contributed by atoms with Crippen LogP contribution in [-0.4, -0.2) is 34.4 Å². The number of carbonyl (C=O) groups is 1. The number of carbonyl (C=O) groups excluding carboxylic acids is 1. The van der Waals surface area contributed by atoms with Gasteiger partial charge in [0.2, 0.25) is 5.91 Å². The minimum atomic E-state index is -0.953. The van der Waals surface area contributed by atoms with E-state index in [1.54, 1.807) is 26.0 Å². The van der Waals surface area contributed by atoms with Gasteiger partial charge in [0.1, 0.15) is 5.82 Å². The Balaban J connectivity index is 2.11. The molecule has 1 aromatic rings. The standard InChI is InChI=1S/C16H22FNO3/c1-16(2,10-5-3-6-11(17)9-10)15(21)18-12-7-4-8-13(19)14(12)20/h3,5-6,9,12-14,19-20H,4,7-8H2,1-2H3,(H,18,21)/t12-,13-,14-/m1/s1. The van der Waals surface area contributed by atoms with Crippen LogP contribution in [0, 0.1) is 5.82 Å². The fourth-order valence-corrected chi connectivity index (χ4v) is 2.67. The SMILES string of the molecule is CC(C)(C(=O)N[C@@H]1CCC[C@@H](O)[C@@H]1O)c1cccc(F)c1. The molecule has 1 aliphatic rings. The van der Waals surface area contributed by atoms with Crippen LogP contribution >= 0.6 is 0 Å². The first-order valence-electron chi connectivity index (χ1n) is 7.25. The molecule has 0 bridgehead atoms. The van der Waals surface area contributed by atoms with E-state index >= 15 is 0 Å². The normalized spacial score (nSPS) is 26.4. The zero-order valence-electron chi connectivity index (χ0n) is 12.3. The molecule has 3 atom stereocenters. The molecule has 0 aromatic heterocycles. The predicted octanol–water partition coefficient (Wildman–Crippen LogP) is 1.49. The predicted molar refractivity (Wildman–Crippen MR) is 77.2 cm³/mol. The number of hydrogen-bond donors (Lipinski definition) is 3. The molecule has 4 nitrogen and oxygen atoms in total. The number of aliphatic hydroxyl groups excluding tert-OH is 2.